The molecule has 2 amide bonds. The standard InChI is InChI=1S/C19H27N5O2/c1-11(2)18(25)20-7-8-21-19(26)14-9-16(13-5-6-13)23-17-15(14)10-22-24(17)12(3)4/h9-13H,5-8H2,1-4H3,(H,20,25)(H,21,26). The summed E-state index contributed by atoms with van der Waals surface area (Å²) < 4.78 is 1.86. The minimum absolute atomic E-state index is 0.0141. The van der Waals surface area contributed by atoms with Crippen molar-refractivity contribution in [2.75, 3.05) is 13.1 Å². The van der Waals surface area contributed by atoms with Gasteiger partial charge in [-0.2, -0.15) is 5.10 Å². The molecule has 0 saturated heterocycles. The SMILES string of the molecule is CC(C)C(=O)NCCNC(=O)c1cc(C2CC2)nc2c1cnn2C(C)C. The van der Waals surface area contributed by atoms with E-state index in [4.69, 9.17) is 4.98 Å². The Morgan fingerprint density at radius 3 is 2.50 bits per heavy atom. The Hall–Kier alpha value is -2.44. The van der Waals surface area contributed by atoms with Crippen molar-refractivity contribution in [3.05, 3.63) is 23.5 Å². The maximum Gasteiger partial charge on any atom is 0.252 e. The third-order valence-electron chi connectivity index (χ3n) is 4.55. The lowest BCUT2D eigenvalue weighted by molar-refractivity contribution is -0.123. The van der Waals surface area contributed by atoms with E-state index in [-0.39, 0.29) is 23.8 Å². The predicted molar refractivity (Wildman–Crippen MR) is 100 cm³/mol. The van der Waals surface area contributed by atoms with Gasteiger partial charge < -0.3 is 10.6 Å². The van der Waals surface area contributed by atoms with Gasteiger partial charge in [-0.25, -0.2) is 9.67 Å². The van der Waals surface area contributed by atoms with Crippen molar-refractivity contribution >= 4 is 22.8 Å². The third-order valence-corrected chi connectivity index (χ3v) is 4.55. The Labute approximate surface area is 153 Å². The molecule has 0 aromatic carbocycles. The van der Waals surface area contributed by atoms with Gasteiger partial charge in [-0.3, -0.25) is 9.59 Å². The van der Waals surface area contributed by atoms with Crippen LogP contribution in [0.3, 0.4) is 0 Å². The van der Waals surface area contributed by atoms with Crippen molar-refractivity contribution in [1.82, 2.24) is 25.4 Å². The highest BCUT2D eigenvalue weighted by Gasteiger charge is 2.28. The number of pyridine rings is 1. The molecule has 0 spiro atoms. The number of rotatable bonds is 7. The highest BCUT2D eigenvalue weighted by Crippen LogP contribution is 2.40. The molecule has 1 aliphatic carbocycles. The summed E-state index contributed by atoms with van der Waals surface area (Å²) in [5, 5.41) is 10.9. The summed E-state index contributed by atoms with van der Waals surface area (Å²) in [5.74, 6) is 0.224. The summed E-state index contributed by atoms with van der Waals surface area (Å²) in [6, 6.07) is 2.07. The number of fused-ring (bicyclic) bond motifs is 1. The molecule has 2 heterocycles. The Kier molecular flexibility index (Phi) is 5.25. The van der Waals surface area contributed by atoms with Gasteiger partial charge in [0.05, 0.1) is 17.1 Å². The first-order valence-corrected chi connectivity index (χ1v) is 9.32. The Morgan fingerprint density at radius 1 is 1.19 bits per heavy atom. The maximum absolute atomic E-state index is 12.7. The fourth-order valence-corrected chi connectivity index (χ4v) is 2.85. The molecule has 7 nitrogen and oxygen atoms in total. The van der Waals surface area contributed by atoms with E-state index in [9.17, 15) is 9.59 Å². The van der Waals surface area contributed by atoms with Crippen LogP contribution in [0.4, 0.5) is 0 Å². The summed E-state index contributed by atoms with van der Waals surface area (Å²) >= 11 is 0. The minimum Gasteiger partial charge on any atom is -0.354 e. The normalized spacial score (nSPS) is 14.2. The molecule has 0 radical (unpaired) electrons. The fourth-order valence-electron chi connectivity index (χ4n) is 2.85. The summed E-state index contributed by atoms with van der Waals surface area (Å²) in [6.07, 6.45) is 3.96. The van der Waals surface area contributed by atoms with Gasteiger partial charge in [0.2, 0.25) is 5.91 Å². The van der Waals surface area contributed by atoms with Crippen LogP contribution < -0.4 is 10.6 Å². The van der Waals surface area contributed by atoms with Crippen LogP contribution in [0.15, 0.2) is 12.3 Å². The number of hydrogen-bond donors (Lipinski definition) is 2. The first-order valence-electron chi connectivity index (χ1n) is 9.32. The number of nitrogens with zero attached hydrogens (tertiary/aromatic N) is 3. The molecule has 1 saturated carbocycles. The number of amides is 2. The van der Waals surface area contributed by atoms with Gasteiger partial charge in [0.1, 0.15) is 0 Å². The molecule has 0 unspecified atom stereocenters. The van der Waals surface area contributed by atoms with E-state index in [0.717, 1.165) is 29.6 Å². The van der Waals surface area contributed by atoms with Crippen LogP contribution in [0.5, 0.6) is 0 Å². The van der Waals surface area contributed by atoms with Crippen LogP contribution in [-0.2, 0) is 4.79 Å². The van der Waals surface area contributed by atoms with Crippen molar-refractivity contribution in [3.8, 4) is 0 Å². The van der Waals surface area contributed by atoms with Gasteiger partial charge >= 0.3 is 0 Å². The first kappa shape index (κ1) is 18.4. The van der Waals surface area contributed by atoms with Gasteiger partial charge in [0.15, 0.2) is 5.65 Å². The van der Waals surface area contributed by atoms with Gasteiger partial charge in [-0.1, -0.05) is 13.8 Å². The smallest absolute Gasteiger partial charge is 0.252 e. The van der Waals surface area contributed by atoms with Crippen molar-refractivity contribution in [2.24, 2.45) is 5.92 Å². The van der Waals surface area contributed by atoms with Crippen LogP contribution in [0.25, 0.3) is 11.0 Å². The third kappa shape index (κ3) is 3.86. The number of carbonyl (C=O) groups excluding carboxylic acids is 2. The summed E-state index contributed by atoms with van der Waals surface area (Å²) in [5.41, 5.74) is 2.35. The van der Waals surface area contributed by atoms with Gasteiger partial charge in [0, 0.05) is 36.7 Å². The van der Waals surface area contributed by atoms with E-state index in [1.165, 1.54) is 0 Å². The molecule has 140 valence electrons. The van der Waals surface area contributed by atoms with E-state index < -0.39 is 0 Å². The zero-order chi connectivity index (χ0) is 18.8. The van der Waals surface area contributed by atoms with E-state index >= 15 is 0 Å². The van der Waals surface area contributed by atoms with Crippen LogP contribution >= 0.6 is 0 Å². The molecule has 1 aliphatic rings. The van der Waals surface area contributed by atoms with Crippen LogP contribution in [0, 0.1) is 5.92 Å². The molecule has 3 rings (SSSR count). The maximum atomic E-state index is 12.7. The highest BCUT2D eigenvalue weighted by atomic mass is 16.2. The molecule has 2 aromatic rings. The Morgan fingerprint density at radius 2 is 1.88 bits per heavy atom. The van der Waals surface area contributed by atoms with Gasteiger partial charge in [-0.15, -0.1) is 0 Å². The number of carbonyl (C=O) groups is 2. The highest BCUT2D eigenvalue weighted by molar-refractivity contribution is 6.05. The van der Waals surface area contributed by atoms with Gasteiger partial charge in [0.25, 0.3) is 5.91 Å². The molecule has 0 aliphatic heterocycles. The van der Waals surface area contributed by atoms with Crippen LogP contribution in [-0.4, -0.2) is 39.7 Å². The lowest BCUT2D eigenvalue weighted by Crippen LogP contribution is -2.36. The zero-order valence-electron chi connectivity index (χ0n) is 15.9. The molecule has 2 N–H and O–H groups in total. The number of nitrogens with one attached hydrogen (secondary N) is 2. The average Bonchev–Trinajstić information content (AvgIpc) is 3.36. The van der Waals surface area contributed by atoms with Crippen LogP contribution in [0.1, 0.15) is 68.5 Å². The van der Waals surface area contributed by atoms with E-state index in [2.05, 4.69) is 29.6 Å². The first-order chi connectivity index (χ1) is 12.4. The van der Waals surface area contributed by atoms with Crippen molar-refractivity contribution in [2.45, 2.75) is 52.5 Å². The van der Waals surface area contributed by atoms with E-state index in [0.29, 0.717) is 24.6 Å². The lowest BCUT2D eigenvalue weighted by atomic mass is 10.1. The van der Waals surface area contributed by atoms with E-state index in [1.807, 2.05) is 24.6 Å². The summed E-state index contributed by atoms with van der Waals surface area (Å²) in [4.78, 5) is 29.1. The molecule has 0 bridgehead atoms. The zero-order valence-corrected chi connectivity index (χ0v) is 15.9. The second-order valence-electron chi connectivity index (χ2n) is 7.49. The quantitative estimate of drug-likeness (QED) is 0.745. The largest absolute Gasteiger partial charge is 0.354 e. The molecule has 0 atom stereocenters. The minimum atomic E-state index is -0.151. The van der Waals surface area contributed by atoms with Gasteiger partial charge in [-0.05, 0) is 32.8 Å². The van der Waals surface area contributed by atoms with Crippen molar-refractivity contribution in [3.63, 3.8) is 0 Å². The molecule has 26 heavy (non-hydrogen) atoms. The Balaban J connectivity index is 1.77. The second kappa shape index (κ2) is 7.43. The lowest BCUT2D eigenvalue weighted by Gasteiger charge is -2.11. The molecule has 1 fully saturated rings. The predicted octanol–water partition coefficient (Wildman–Crippen LogP) is 2.39. The van der Waals surface area contributed by atoms with Crippen molar-refractivity contribution in [1.29, 1.82) is 0 Å². The molecular formula is C19H27N5O2. The monoisotopic (exact) mass is 357 g/mol. The fraction of sp³-hybridized carbons (Fsp3) is 0.579. The second-order valence-corrected chi connectivity index (χ2v) is 7.49. The number of hydrogen-bond acceptors (Lipinski definition) is 4. The Bertz CT molecular complexity index is 821. The summed E-state index contributed by atoms with van der Waals surface area (Å²) in [6.45, 7) is 8.58. The topological polar surface area (TPSA) is 88.9 Å². The molecular weight excluding hydrogens is 330 g/mol. The summed E-state index contributed by atoms with van der Waals surface area (Å²) in [7, 11) is 0. The van der Waals surface area contributed by atoms with Crippen molar-refractivity contribution < 1.29 is 9.59 Å². The number of aromatic nitrogens is 3. The average molecular weight is 357 g/mol. The molecule has 7 heteroatoms. The molecule has 2 aromatic heterocycles. The van der Waals surface area contributed by atoms with Crippen LogP contribution in [0.2, 0.25) is 0 Å². The van der Waals surface area contributed by atoms with E-state index in [1.54, 1.807) is 6.20 Å².